The first-order valence-corrected chi connectivity index (χ1v) is 6.48. The Morgan fingerprint density at radius 3 is 2.50 bits per heavy atom. The Morgan fingerprint density at radius 1 is 1.15 bits per heavy atom. The quantitative estimate of drug-likeness (QED) is 0.845. The third kappa shape index (κ3) is 3.51. The number of aromatic carboxylic acids is 1. The molecule has 2 N–H and O–H groups in total. The van der Waals surface area contributed by atoms with Crippen LogP contribution in [0.4, 0.5) is 5.69 Å². The van der Waals surface area contributed by atoms with E-state index in [0.717, 1.165) is 11.3 Å². The summed E-state index contributed by atoms with van der Waals surface area (Å²) >= 11 is 0. The minimum absolute atomic E-state index is 0.276. The number of benzene rings is 2. The SMILES string of the molecule is CCOc1ccc(CNc2ccccc2C(=O)O)cc1. The molecule has 4 heteroatoms. The van der Waals surface area contributed by atoms with Crippen LogP contribution >= 0.6 is 0 Å². The number of anilines is 1. The van der Waals surface area contributed by atoms with Crippen molar-refractivity contribution in [3.05, 3.63) is 59.7 Å². The Hall–Kier alpha value is -2.49. The molecule has 2 aromatic rings. The second kappa shape index (κ2) is 6.61. The van der Waals surface area contributed by atoms with Crippen molar-refractivity contribution >= 4 is 11.7 Å². The first-order chi connectivity index (χ1) is 9.70. The topological polar surface area (TPSA) is 58.6 Å². The number of hydrogen-bond donors (Lipinski definition) is 2. The highest BCUT2D eigenvalue weighted by Crippen LogP contribution is 2.17. The predicted molar refractivity (Wildman–Crippen MR) is 78.3 cm³/mol. The molecule has 0 aliphatic rings. The molecule has 0 aliphatic carbocycles. The van der Waals surface area contributed by atoms with Crippen molar-refractivity contribution in [1.29, 1.82) is 0 Å². The van der Waals surface area contributed by atoms with E-state index in [9.17, 15) is 4.79 Å². The molecule has 0 atom stereocenters. The van der Waals surface area contributed by atoms with Gasteiger partial charge in [-0.2, -0.15) is 0 Å². The number of carbonyl (C=O) groups is 1. The lowest BCUT2D eigenvalue weighted by Gasteiger charge is -2.10. The second-order valence-corrected chi connectivity index (χ2v) is 4.28. The van der Waals surface area contributed by atoms with E-state index in [0.29, 0.717) is 18.8 Å². The van der Waals surface area contributed by atoms with E-state index >= 15 is 0 Å². The molecular weight excluding hydrogens is 254 g/mol. The van der Waals surface area contributed by atoms with Gasteiger partial charge in [0.25, 0.3) is 0 Å². The minimum Gasteiger partial charge on any atom is -0.494 e. The molecule has 0 amide bonds. The normalized spacial score (nSPS) is 10.1. The summed E-state index contributed by atoms with van der Waals surface area (Å²) < 4.78 is 5.38. The largest absolute Gasteiger partial charge is 0.494 e. The van der Waals surface area contributed by atoms with E-state index in [1.807, 2.05) is 37.3 Å². The van der Waals surface area contributed by atoms with Gasteiger partial charge in [-0.05, 0) is 36.8 Å². The number of rotatable bonds is 6. The average molecular weight is 271 g/mol. The zero-order valence-electron chi connectivity index (χ0n) is 11.3. The first-order valence-electron chi connectivity index (χ1n) is 6.48. The van der Waals surface area contributed by atoms with Crippen LogP contribution in [0.1, 0.15) is 22.8 Å². The summed E-state index contributed by atoms with van der Waals surface area (Å²) in [6.07, 6.45) is 0. The maximum absolute atomic E-state index is 11.1. The maximum Gasteiger partial charge on any atom is 0.337 e. The molecule has 0 radical (unpaired) electrons. The van der Waals surface area contributed by atoms with Gasteiger partial charge in [-0.25, -0.2) is 4.79 Å². The van der Waals surface area contributed by atoms with E-state index in [1.165, 1.54) is 0 Å². The van der Waals surface area contributed by atoms with Crippen molar-refractivity contribution < 1.29 is 14.6 Å². The number of carboxylic acids is 1. The Balaban J connectivity index is 2.03. The number of carboxylic acid groups (broad SMARTS) is 1. The summed E-state index contributed by atoms with van der Waals surface area (Å²) in [5, 5.41) is 12.2. The van der Waals surface area contributed by atoms with Crippen LogP contribution in [0.15, 0.2) is 48.5 Å². The van der Waals surface area contributed by atoms with Gasteiger partial charge in [0, 0.05) is 12.2 Å². The molecule has 0 fully saturated rings. The van der Waals surface area contributed by atoms with Crippen molar-refractivity contribution in [3.8, 4) is 5.75 Å². The van der Waals surface area contributed by atoms with Crippen LogP contribution in [0.5, 0.6) is 5.75 Å². The molecular formula is C16H17NO3. The minimum atomic E-state index is -0.931. The molecule has 2 aromatic carbocycles. The Labute approximate surface area is 118 Å². The lowest BCUT2D eigenvalue weighted by Crippen LogP contribution is -2.06. The highest BCUT2D eigenvalue weighted by molar-refractivity contribution is 5.94. The van der Waals surface area contributed by atoms with E-state index in [1.54, 1.807) is 18.2 Å². The molecule has 2 rings (SSSR count). The number of hydrogen-bond acceptors (Lipinski definition) is 3. The highest BCUT2D eigenvalue weighted by Gasteiger charge is 2.08. The molecule has 0 aliphatic heterocycles. The summed E-state index contributed by atoms with van der Waals surface area (Å²) in [4.78, 5) is 11.1. The summed E-state index contributed by atoms with van der Waals surface area (Å²) in [6, 6.07) is 14.6. The lowest BCUT2D eigenvalue weighted by atomic mass is 10.1. The van der Waals surface area contributed by atoms with Crippen LogP contribution in [0, 0.1) is 0 Å². The van der Waals surface area contributed by atoms with Crippen molar-refractivity contribution in [2.75, 3.05) is 11.9 Å². The van der Waals surface area contributed by atoms with E-state index in [2.05, 4.69) is 5.32 Å². The van der Waals surface area contributed by atoms with Crippen LogP contribution in [0.25, 0.3) is 0 Å². The van der Waals surface area contributed by atoms with Gasteiger partial charge in [-0.15, -0.1) is 0 Å². The summed E-state index contributed by atoms with van der Waals surface area (Å²) in [6.45, 7) is 3.15. The highest BCUT2D eigenvalue weighted by atomic mass is 16.5. The fraction of sp³-hybridized carbons (Fsp3) is 0.188. The molecule has 0 unspecified atom stereocenters. The van der Waals surface area contributed by atoms with Gasteiger partial charge in [0.05, 0.1) is 12.2 Å². The van der Waals surface area contributed by atoms with Gasteiger partial charge in [-0.1, -0.05) is 24.3 Å². The monoisotopic (exact) mass is 271 g/mol. The smallest absolute Gasteiger partial charge is 0.337 e. The van der Waals surface area contributed by atoms with E-state index in [-0.39, 0.29) is 5.56 Å². The van der Waals surface area contributed by atoms with Gasteiger partial charge in [0.2, 0.25) is 0 Å². The molecule has 0 saturated carbocycles. The lowest BCUT2D eigenvalue weighted by molar-refractivity contribution is 0.0698. The Bertz CT molecular complexity index is 579. The molecule has 104 valence electrons. The van der Waals surface area contributed by atoms with Crippen molar-refractivity contribution in [1.82, 2.24) is 0 Å². The van der Waals surface area contributed by atoms with Gasteiger partial charge in [-0.3, -0.25) is 0 Å². The van der Waals surface area contributed by atoms with Crippen LogP contribution in [0.2, 0.25) is 0 Å². The first kappa shape index (κ1) is 13.9. The van der Waals surface area contributed by atoms with Crippen LogP contribution in [0.3, 0.4) is 0 Å². The molecule has 0 spiro atoms. The van der Waals surface area contributed by atoms with Crippen LogP contribution in [-0.4, -0.2) is 17.7 Å². The zero-order valence-corrected chi connectivity index (χ0v) is 11.3. The van der Waals surface area contributed by atoms with Gasteiger partial charge in [0.1, 0.15) is 5.75 Å². The van der Waals surface area contributed by atoms with E-state index in [4.69, 9.17) is 9.84 Å². The zero-order chi connectivity index (χ0) is 14.4. The Kier molecular flexibility index (Phi) is 4.60. The fourth-order valence-corrected chi connectivity index (χ4v) is 1.89. The van der Waals surface area contributed by atoms with Crippen LogP contribution in [-0.2, 0) is 6.54 Å². The van der Waals surface area contributed by atoms with Crippen LogP contribution < -0.4 is 10.1 Å². The van der Waals surface area contributed by atoms with Gasteiger partial charge in [0.15, 0.2) is 0 Å². The molecule has 0 heterocycles. The summed E-state index contributed by atoms with van der Waals surface area (Å²) in [7, 11) is 0. The molecule has 20 heavy (non-hydrogen) atoms. The summed E-state index contributed by atoms with van der Waals surface area (Å²) in [5.74, 6) is -0.0954. The Morgan fingerprint density at radius 2 is 1.85 bits per heavy atom. The standard InChI is InChI=1S/C16H17NO3/c1-2-20-13-9-7-12(8-10-13)11-17-15-6-4-3-5-14(15)16(18)19/h3-10,17H,2,11H2,1H3,(H,18,19). The van der Waals surface area contributed by atoms with Crippen molar-refractivity contribution in [3.63, 3.8) is 0 Å². The molecule has 0 bridgehead atoms. The maximum atomic E-state index is 11.1. The third-order valence-electron chi connectivity index (χ3n) is 2.87. The molecule has 0 aromatic heterocycles. The number of nitrogens with one attached hydrogen (secondary N) is 1. The number of ether oxygens (including phenoxy) is 1. The number of para-hydroxylation sites is 1. The second-order valence-electron chi connectivity index (χ2n) is 4.28. The average Bonchev–Trinajstić information content (AvgIpc) is 2.47. The van der Waals surface area contributed by atoms with Gasteiger partial charge >= 0.3 is 5.97 Å². The van der Waals surface area contributed by atoms with Gasteiger partial charge < -0.3 is 15.2 Å². The fourth-order valence-electron chi connectivity index (χ4n) is 1.89. The molecule has 4 nitrogen and oxygen atoms in total. The van der Waals surface area contributed by atoms with Crippen molar-refractivity contribution in [2.45, 2.75) is 13.5 Å². The summed E-state index contributed by atoms with van der Waals surface area (Å²) in [5.41, 5.74) is 1.96. The van der Waals surface area contributed by atoms with Crippen molar-refractivity contribution in [2.24, 2.45) is 0 Å². The van der Waals surface area contributed by atoms with E-state index < -0.39 is 5.97 Å². The third-order valence-corrected chi connectivity index (χ3v) is 2.87. The predicted octanol–water partition coefficient (Wildman–Crippen LogP) is 3.40. The molecule has 0 saturated heterocycles.